The number of nitro groups is 1. The van der Waals surface area contributed by atoms with Gasteiger partial charge in [-0.3, -0.25) is 15.0 Å². The van der Waals surface area contributed by atoms with E-state index in [2.05, 4.69) is 5.32 Å². The molecule has 1 N–H and O–H groups in total. The van der Waals surface area contributed by atoms with Gasteiger partial charge in [0, 0.05) is 31.0 Å². The van der Waals surface area contributed by atoms with E-state index >= 15 is 0 Å². The molecule has 9 heteroatoms. The lowest BCUT2D eigenvalue weighted by Gasteiger charge is -2.35. The first kappa shape index (κ1) is 18.8. The predicted octanol–water partition coefficient (Wildman–Crippen LogP) is 2.29. The highest BCUT2D eigenvalue weighted by Crippen LogP contribution is 2.38. The number of nitrogens with zero attached hydrogens (tertiary/aromatic N) is 2. The molecule has 1 aromatic carbocycles. The SMILES string of the molecule is COCCOC(=O)C1=C(C)N(C2CC2)C(=O)N[C@@H]1c1cccc([N+](=O)[O-])c1. The number of ether oxygens (including phenoxy) is 2. The number of hydrogen-bond acceptors (Lipinski definition) is 6. The molecule has 3 rings (SSSR count). The molecule has 2 amide bonds. The van der Waals surface area contributed by atoms with Crippen LogP contribution in [0.25, 0.3) is 0 Å². The molecule has 144 valence electrons. The normalized spacial score (nSPS) is 19.7. The number of hydrogen-bond donors (Lipinski definition) is 1. The molecule has 0 saturated heterocycles. The Morgan fingerprint density at radius 3 is 2.74 bits per heavy atom. The Morgan fingerprint density at radius 1 is 1.37 bits per heavy atom. The average molecular weight is 375 g/mol. The lowest BCUT2D eigenvalue weighted by Crippen LogP contribution is -2.49. The van der Waals surface area contributed by atoms with Gasteiger partial charge in [0.05, 0.1) is 23.1 Å². The second-order valence-corrected chi connectivity index (χ2v) is 6.46. The summed E-state index contributed by atoms with van der Waals surface area (Å²) in [7, 11) is 1.50. The summed E-state index contributed by atoms with van der Waals surface area (Å²) in [5.74, 6) is -0.577. The largest absolute Gasteiger partial charge is 0.460 e. The van der Waals surface area contributed by atoms with Crippen molar-refractivity contribution in [3.05, 3.63) is 51.2 Å². The van der Waals surface area contributed by atoms with E-state index in [0.29, 0.717) is 11.3 Å². The minimum atomic E-state index is -0.817. The summed E-state index contributed by atoms with van der Waals surface area (Å²) >= 11 is 0. The molecular formula is C18H21N3O6. The third kappa shape index (κ3) is 3.92. The Bertz CT molecular complexity index is 802. The van der Waals surface area contributed by atoms with Crippen LogP contribution in [-0.4, -0.2) is 48.2 Å². The number of carbonyl (C=O) groups excluding carboxylic acids is 2. The van der Waals surface area contributed by atoms with Crippen LogP contribution in [0.15, 0.2) is 35.5 Å². The topological polar surface area (TPSA) is 111 Å². The summed E-state index contributed by atoms with van der Waals surface area (Å²) in [6.07, 6.45) is 1.75. The highest BCUT2D eigenvalue weighted by atomic mass is 16.6. The Hall–Kier alpha value is -2.94. The van der Waals surface area contributed by atoms with Gasteiger partial charge < -0.3 is 14.8 Å². The first-order chi connectivity index (χ1) is 12.9. The number of esters is 1. The zero-order valence-corrected chi connectivity index (χ0v) is 15.1. The molecule has 2 aliphatic rings. The number of urea groups is 1. The fraction of sp³-hybridized carbons (Fsp3) is 0.444. The first-order valence-corrected chi connectivity index (χ1v) is 8.65. The van der Waals surface area contributed by atoms with Crippen LogP contribution in [-0.2, 0) is 14.3 Å². The predicted molar refractivity (Wildman–Crippen MR) is 94.8 cm³/mol. The molecule has 1 aliphatic carbocycles. The molecule has 0 radical (unpaired) electrons. The summed E-state index contributed by atoms with van der Waals surface area (Å²) in [5, 5.41) is 13.9. The van der Waals surface area contributed by atoms with Gasteiger partial charge in [0.15, 0.2) is 0 Å². The van der Waals surface area contributed by atoms with Gasteiger partial charge in [0.25, 0.3) is 5.69 Å². The lowest BCUT2D eigenvalue weighted by molar-refractivity contribution is -0.384. The summed E-state index contributed by atoms with van der Waals surface area (Å²) in [6.45, 7) is 2.03. The minimum Gasteiger partial charge on any atom is -0.460 e. The van der Waals surface area contributed by atoms with Crippen molar-refractivity contribution in [3.63, 3.8) is 0 Å². The van der Waals surface area contributed by atoms with Gasteiger partial charge in [-0.1, -0.05) is 12.1 Å². The van der Waals surface area contributed by atoms with Crippen molar-refractivity contribution in [2.24, 2.45) is 0 Å². The third-order valence-electron chi connectivity index (χ3n) is 4.59. The van der Waals surface area contributed by atoms with Crippen molar-refractivity contribution in [1.82, 2.24) is 10.2 Å². The Kier molecular flexibility index (Phi) is 5.41. The maximum absolute atomic E-state index is 12.7. The number of nitrogens with one attached hydrogen (secondary N) is 1. The number of benzene rings is 1. The highest BCUT2D eigenvalue weighted by molar-refractivity contribution is 5.95. The molecule has 1 aromatic rings. The average Bonchev–Trinajstić information content (AvgIpc) is 3.46. The van der Waals surface area contributed by atoms with Crippen LogP contribution in [0, 0.1) is 10.1 Å². The van der Waals surface area contributed by atoms with Crippen LogP contribution in [0.5, 0.6) is 0 Å². The summed E-state index contributed by atoms with van der Waals surface area (Å²) in [6, 6.07) is 4.81. The van der Waals surface area contributed by atoms with Crippen molar-refractivity contribution in [2.45, 2.75) is 31.8 Å². The quantitative estimate of drug-likeness (QED) is 0.339. The number of allylic oxidation sites excluding steroid dienone is 1. The standard InChI is InChI=1S/C18H21N3O6/c1-11-15(17(22)27-9-8-26-2)16(19-18(23)20(11)13-6-7-13)12-4-3-5-14(10-12)21(24)25/h3-5,10,13,16H,6-9H2,1-2H3,(H,19,23)/t16-/m1/s1. The van der Waals surface area contributed by atoms with Crippen LogP contribution in [0.1, 0.15) is 31.4 Å². The number of methoxy groups -OCH3 is 1. The highest BCUT2D eigenvalue weighted by Gasteiger charge is 2.42. The smallest absolute Gasteiger partial charge is 0.338 e. The van der Waals surface area contributed by atoms with Crippen molar-refractivity contribution in [1.29, 1.82) is 0 Å². The van der Waals surface area contributed by atoms with E-state index in [1.165, 1.54) is 25.3 Å². The van der Waals surface area contributed by atoms with Gasteiger partial charge in [0.1, 0.15) is 6.61 Å². The molecule has 0 bridgehead atoms. The number of non-ortho nitro benzene ring substituents is 1. The van der Waals surface area contributed by atoms with Crippen LogP contribution in [0.2, 0.25) is 0 Å². The molecule has 1 saturated carbocycles. The maximum atomic E-state index is 12.7. The second kappa shape index (κ2) is 7.75. The van der Waals surface area contributed by atoms with E-state index in [1.807, 2.05) is 0 Å². The zero-order chi connectivity index (χ0) is 19.6. The number of nitro benzene ring substituents is 1. The zero-order valence-electron chi connectivity index (χ0n) is 15.1. The van der Waals surface area contributed by atoms with Crippen molar-refractivity contribution in [2.75, 3.05) is 20.3 Å². The fourth-order valence-corrected chi connectivity index (χ4v) is 3.16. The lowest BCUT2D eigenvalue weighted by atomic mass is 9.94. The molecule has 1 heterocycles. The van der Waals surface area contributed by atoms with Gasteiger partial charge in [-0.15, -0.1) is 0 Å². The number of carbonyl (C=O) groups is 2. The van der Waals surface area contributed by atoms with Crippen LogP contribution >= 0.6 is 0 Å². The summed E-state index contributed by atoms with van der Waals surface area (Å²) < 4.78 is 10.2. The molecule has 1 atom stereocenters. The molecule has 1 fully saturated rings. The Balaban J connectivity index is 1.99. The fourth-order valence-electron chi connectivity index (χ4n) is 3.16. The van der Waals surface area contributed by atoms with Crippen molar-refractivity contribution in [3.8, 4) is 0 Å². The molecule has 27 heavy (non-hydrogen) atoms. The minimum absolute atomic E-state index is 0.0674. The molecule has 0 aromatic heterocycles. The maximum Gasteiger partial charge on any atom is 0.338 e. The van der Waals surface area contributed by atoms with E-state index in [4.69, 9.17) is 9.47 Å². The van der Waals surface area contributed by atoms with Crippen molar-refractivity contribution < 1.29 is 24.0 Å². The Labute approximate surface area is 156 Å². The van der Waals surface area contributed by atoms with Crippen molar-refractivity contribution >= 4 is 17.7 Å². The number of rotatable bonds is 7. The van der Waals surface area contributed by atoms with Gasteiger partial charge in [-0.25, -0.2) is 9.59 Å². The number of amides is 2. The van der Waals surface area contributed by atoms with Gasteiger partial charge in [-0.2, -0.15) is 0 Å². The monoisotopic (exact) mass is 375 g/mol. The molecule has 1 aliphatic heterocycles. The summed E-state index contributed by atoms with van der Waals surface area (Å²) in [4.78, 5) is 37.5. The summed E-state index contributed by atoms with van der Waals surface area (Å²) in [5.41, 5.74) is 1.13. The van der Waals surface area contributed by atoms with E-state index in [0.717, 1.165) is 12.8 Å². The molecule has 0 spiro atoms. The van der Waals surface area contributed by atoms with Gasteiger partial charge in [0.2, 0.25) is 0 Å². The van der Waals surface area contributed by atoms with E-state index < -0.39 is 16.9 Å². The van der Waals surface area contributed by atoms with E-state index in [1.54, 1.807) is 17.9 Å². The third-order valence-corrected chi connectivity index (χ3v) is 4.59. The molecular weight excluding hydrogens is 354 g/mol. The second-order valence-electron chi connectivity index (χ2n) is 6.46. The van der Waals surface area contributed by atoms with Crippen LogP contribution in [0.3, 0.4) is 0 Å². The van der Waals surface area contributed by atoms with Crippen LogP contribution < -0.4 is 5.32 Å². The van der Waals surface area contributed by atoms with Gasteiger partial charge >= 0.3 is 12.0 Å². The van der Waals surface area contributed by atoms with Crippen LogP contribution in [0.4, 0.5) is 10.5 Å². The van der Waals surface area contributed by atoms with E-state index in [-0.39, 0.29) is 36.5 Å². The first-order valence-electron chi connectivity index (χ1n) is 8.65. The van der Waals surface area contributed by atoms with E-state index in [9.17, 15) is 19.7 Å². The molecule has 0 unspecified atom stereocenters. The van der Waals surface area contributed by atoms with Gasteiger partial charge in [-0.05, 0) is 25.3 Å². The molecule has 9 nitrogen and oxygen atoms in total. The Morgan fingerprint density at radius 2 is 2.11 bits per heavy atom.